The Labute approximate surface area is 116 Å². The smallest absolute Gasteiger partial charge is 0.171 e. The summed E-state index contributed by atoms with van der Waals surface area (Å²) in [5, 5.41) is 16.2. The van der Waals surface area contributed by atoms with Gasteiger partial charge in [-0.05, 0) is 18.2 Å². The van der Waals surface area contributed by atoms with E-state index in [1.54, 1.807) is 0 Å². The Hall–Kier alpha value is -2.52. The first-order valence-corrected chi connectivity index (χ1v) is 5.88. The fourth-order valence-electron chi connectivity index (χ4n) is 1.84. The van der Waals surface area contributed by atoms with Crippen molar-refractivity contribution in [1.29, 1.82) is 5.26 Å². The maximum atomic E-state index is 13.9. The Morgan fingerprint density at radius 1 is 1.15 bits per heavy atom. The molecule has 1 aromatic carbocycles. The highest BCUT2D eigenvalue weighted by atomic mass is 35.5. The largest absolute Gasteiger partial charge is 0.282 e. The van der Waals surface area contributed by atoms with Gasteiger partial charge >= 0.3 is 0 Å². The number of halogens is 3. The SMILES string of the molecule is N#Cc1ccn2c(-c3cc(F)c(Cl)cc3F)nnc2c1. The maximum absolute atomic E-state index is 13.9. The number of hydrogen-bond donors (Lipinski definition) is 0. The van der Waals surface area contributed by atoms with E-state index in [0.29, 0.717) is 11.2 Å². The molecule has 0 saturated heterocycles. The lowest BCUT2D eigenvalue weighted by atomic mass is 10.2. The van der Waals surface area contributed by atoms with Crippen LogP contribution in [0, 0.1) is 23.0 Å². The second-order valence-electron chi connectivity index (χ2n) is 4.03. The summed E-state index contributed by atoms with van der Waals surface area (Å²) in [5.74, 6) is -1.30. The molecule has 3 rings (SSSR count). The van der Waals surface area contributed by atoms with Gasteiger partial charge in [0.2, 0.25) is 0 Å². The average Bonchev–Trinajstić information content (AvgIpc) is 2.85. The van der Waals surface area contributed by atoms with E-state index in [2.05, 4.69) is 10.2 Å². The maximum Gasteiger partial charge on any atom is 0.171 e. The zero-order valence-electron chi connectivity index (χ0n) is 9.81. The number of benzene rings is 1. The molecule has 2 heterocycles. The van der Waals surface area contributed by atoms with Crippen molar-refractivity contribution in [2.45, 2.75) is 0 Å². The van der Waals surface area contributed by atoms with Gasteiger partial charge in [0, 0.05) is 12.3 Å². The molecule has 0 amide bonds. The normalized spacial score (nSPS) is 10.7. The first-order valence-electron chi connectivity index (χ1n) is 5.50. The van der Waals surface area contributed by atoms with Crippen molar-refractivity contribution >= 4 is 17.2 Å². The monoisotopic (exact) mass is 290 g/mol. The molecule has 20 heavy (non-hydrogen) atoms. The van der Waals surface area contributed by atoms with E-state index in [9.17, 15) is 8.78 Å². The summed E-state index contributed by atoms with van der Waals surface area (Å²) in [6, 6.07) is 6.85. The van der Waals surface area contributed by atoms with Crippen LogP contribution >= 0.6 is 11.6 Å². The highest BCUT2D eigenvalue weighted by Gasteiger charge is 2.16. The molecule has 0 fully saturated rings. The van der Waals surface area contributed by atoms with Crippen molar-refractivity contribution in [3.63, 3.8) is 0 Å². The predicted octanol–water partition coefficient (Wildman–Crippen LogP) is 3.20. The van der Waals surface area contributed by atoms with Crippen LogP contribution in [0.2, 0.25) is 5.02 Å². The minimum atomic E-state index is -0.742. The van der Waals surface area contributed by atoms with Crippen LogP contribution in [-0.4, -0.2) is 14.6 Å². The molecule has 0 atom stereocenters. The van der Waals surface area contributed by atoms with Crippen LogP contribution in [0.25, 0.3) is 17.0 Å². The van der Waals surface area contributed by atoms with Crippen LogP contribution in [-0.2, 0) is 0 Å². The Balaban J connectivity index is 2.26. The molecule has 0 spiro atoms. The van der Waals surface area contributed by atoms with Gasteiger partial charge < -0.3 is 0 Å². The summed E-state index contributed by atoms with van der Waals surface area (Å²) in [6.45, 7) is 0. The van der Waals surface area contributed by atoms with Crippen LogP contribution in [0.1, 0.15) is 5.56 Å². The highest BCUT2D eigenvalue weighted by molar-refractivity contribution is 6.30. The topological polar surface area (TPSA) is 54.0 Å². The molecule has 3 aromatic rings. The molecule has 0 aliphatic rings. The Morgan fingerprint density at radius 3 is 2.70 bits per heavy atom. The summed E-state index contributed by atoms with van der Waals surface area (Å²) in [5.41, 5.74) is 0.720. The Kier molecular flexibility index (Phi) is 2.84. The van der Waals surface area contributed by atoms with Gasteiger partial charge in [-0.15, -0.1) is 10.2 Å². The molecule has 0 aliphatic heterocycles. The van der Waals surface area contributed by atoms with Crippen molar-refractivity contribution in [3.8, 4) is 17.5 Å². The van der Waals surface area contributed by atoms with Gasteiger partial charge in [-0.1, -0.05) is 11.6 Å². The summed E-state index contributed by atoms with van der Waals surface area (Å²) < 4.78 is 28.8. The van der Waals surface area contributed by atoms with Gasteiger partial charge in [0.1, 0.15) is 11.6 Å². The van der Waals surface area contributed by atoms with E-state index in [1.807, 2.05) is 6.07 Å². The standard InChI is InChI=1S/C13H5ClF2N4/c14-9-5-10(15)8(4-11(9)16)13-19-18-12-3-7(6-17)1-2-20(12)13/h1-5H. The summed E-state index contributed by atoms with van der Waals surface area (Å²) >= 11 is 5.51. The number of hydrogen-bond acceptors (Lipinski definition) is 3. The Bertz CT molecular complexity index is 867. The fourth-order valence-corrected chi connectivity index (χ4v) is 1.99. The lowest BCUT2D eigenvalue weighted by Gasteiger charge is -2.03. The first kappa shape index (κ1) is 12.5. The van der Waals surface area contributed by atoms with Crippen LogP contribution in [0.5, 0.6) is 0 Å². The molecule has 0 saturated carbocycles. The number of rotatable bonds is 1. The minimum Gasteiger partial charge on any atom is -0.282 e. The number of aromatic nitrogens is 3. The molecule has 0 unspecified atom stereocenters. The van der Waals surface area contributed by atoms with Crippen molar-refractivity contribution in [3.05, 3.63) is 52.7 Å². The van der Waals surface area contributed by atoms with Gasteiger partial charge in [0.25, 0.3) is 0 Å². The molecule has 0 radical (unpaired) electrons. The lowest BCUT2D eigenvalue weighted by Crippen LogP contribution is -1.94. The molecule has 0 N–H and O–H groups in total. The van der Waals surface area contributed by atoms with Crippen molar-refractivity contribution in [2.24, 2.45) is 0 Å². The van der Waals surface area contributed by atoms with E-state index in [-0.39, 0.29) is 16.4 Å². The lowest BCUT2D eigenvalue weighted by molar-refractivity contribution is 0.602. The van der Waals surface area contributed by atoms with Gasteiger partial charge in [0.05, 0.1) is 22.2 Å². The molecule has 4 nitrogen and oxygen atoms in total. The summed E-state index contributed by atoms with van der Waals surface area (Å²) in [6.07, 6.45) is 1.52. The van der Waals surface area contributed by atoms with E-state index in [0.717, 1.165) is 12.1 Å². The second-order valence-corrected chi connectivity index (χ2v) is 4.43. The van der Waals surface area contributed by atoms with Gasteiger partial charge in [-0.25, -0.2) is 8.78 Å². The average molecular weight is 291 g/mol. The molecule has 0 bridgehead atoms. The molecule has 98 valence electrons. The quantitative estimate of drug-likeness (QED) is 0.647. The first-order chi connectivity index (χ1) is 9.60. The van der Waals surface area contributed by atoms with Crippen molar-refractivity contribution < 1.29 is 8.78 Å². The third-order valence-electron chi connectivity index (χ3n) is 2.79. The molecule has 7 heteroatoms. The number of fused-ring (bicyclic) bond motifs is 1. The van der Waals surface area contributed by atoms with Crippen molar-refractivity contribution in [2.75, 3.05) is 0 Å². The van der Waals surface area contributed by atoms with Gasteiger partial charge in [-0.2, -0.15) is 5.26 Å². The predicted molar refractivity (Wildman–Crippen MR) is 68.1 cm³/mol. The van der Waals surface area contributed by atoms with Crippen LogP contribution in [0.15, 0.2) is 30.5 Å². The van der Waals surface area contributed by atoms with E-state index < -0.39 is 11.6 Å². The zero-order valence-corrected chi connectivity index (χ0v) is 10.6. The molecule has 2 aromatic heterocycles. The Morgan fingerprint density at radius 2 is 1.95 bits per heavy atom. The van der Waals surface area contributed by atoms with Gasteiger partial charge in [0.15, 0.2) is 11.5 Å². The van der Waals surface area contributed by atoms with E-state index >= 15 is 0 Å². The second kappa shape index (κ2) is 4.54. The number of pyridine rings is 1. The van der Waals surface area contributed by atoms with Gasteiger partial charge in [-0.3, -0.25) is 4.40 Å². The zero-order chi connectivity index (χ0) is 14.3. The highest BCUT2D eigenvalue weighted by Crippen LogP contribution is 2.27. The van der Waals surface area contributed by atoms with E-state index in [4.69, 9.17) is 16.9 Å². The molecular weight excluding hydrogens is 286 g/mol. The molecule has 0 aliphatic carbocycles. The summed E-state index contributed by atoms with van der Waals surface area (Å²) in [4.78, 5) is 0. The van der Waals surface area contributed by atoms with Crippen LogP contribution in [0.3, 0.4) is 0 Å². The van der Waals surface area contributed by atoms with Crippen molar-refractivity contribution in [1.82, 2.24) is 14.6 Å². The number of nitrogens with zero attached hydrogens (tertiary/aromatic N) is 4. The van der Waals surface area contributed by atoms with Crippen LogP contribution in [0.4, 0.5) is 8.78 Å². The molecular formula is C13H5ClF2N4. The number of nitriles is 1. The third-order valence-corrected chi connectivity index (χ3v) is 3.08. The van der Waals surface area contributed by atoms with E-state index in [1.165, 1.54) is 22.7 Å². The third kappa shape index (κ3) is 1.89. The van der Waals surface area contributed by atoms with Crippen LogP contribution < -0.4 is 0 Å². The minimum absolute atomic E-state index is 0.0518. The fraction of sp³-hybridized carbons (Fsp3) is 0. The summed E-state index contributed by atoms with van der Waals surface area (Å²) in [7, 11) is 0.